The summed E-state index contributed by atoms with van der Waals surface area (Å²) in [5, 5.41) is 0. The summed E-state index contributed by atoms with van der Waals surface area (Å²) in [7, 11) is 1.57. The van der Waals surface area contributed by atoms with Gasteiger partial charge in [0.15, 0.2) is 0 Å². The number of carbonyl (C=O) groups is 1. The molecule has 0 N–H and O–H groups in total. The van der Waals surface area contributed by atoms with E-state index in [2.05, 4.69) is 0 Å². The minimum Gasteiger partial charge on any atom is -0.496 e. The fraction of sp³-hybridized carbons (Fsp3) is 0.353. The first-order valence-corrected chi connectivity index (χ1v) is 7.29. The Hall–Kier alpha value is -2.27. The van der Waals surface area contributed by atoms with Crippen LogP contribution in [0.1, 0.15) is 27.9 Å². The summed E-state index contributed by atoms with van der Waals surface area (Å²) < 4.78 is 16.5. The predicted octanol–water partition coefficient (Wildman–Crippen LogP) is 2.81. The van der Waals surface area contributed by atoms with Crippen LogP contribution >= 0.6 is 0 Å². The molecule has 0 spiro atoms. The van der Waals surface area contributed by atoms with Gasteiger partial charge in [-0.05, 0) is 31.2 Å². The number of carbonyl (C=O) groups excluding carboxylic acids is 1. The summed E-state index contributed by atoms with van der Waals surface area (Å²) in [5.41, 5.74) is 0.556. The molecule has 0 radical (unpaired) electrons. The molecule has 1 amide bonds. The molecule has 5 heteroatoms. The van der Waals surface area contributed by atoms with Gasteiger partial charge in [0.25, 0.3) is 5.91 Å². The molecule has 1 aromatic carbocycles. The van der Waals surface area contributed by atoms with Crippen LogP contribution in [-0.2, 0) is 4.74 Å². The van der Waals surface area contributed by atoms with E-state index >= 15 is 0 Å². The minimum absolute atomic E-state index is 0.0696. The molecule has 0 aliphatic carbocycles. The highest BCUT2D eigenvalue weighted by Crippen LogP contribution is 2.29. The van der Waals surface area contributed by atoms with Crippen LogP contribution in [0.15, 0.2) is 40.8 Å². The zero-order valence-corrected chi connectivity index (χ0v) is 12.7. The lowest BCUT2D eigenvalue weighted by Crippen LogP contribution is -2.43. The molecule has 116 valence electrons. The molecule has 1 aliphatic heterocycles. The number of benzene rings is 1. The third-order valence-corrected chi connectivity index (χ3v) is 3.82. The lowest BCUT2D eigenvalue weighted by atomic mass is 10.1. The molecule has 0 saturated carbocycles. The van der Waals surface area contributed by atoms with E-state index < -0.39 is 0 Å². The van der Waals surface area contributed by atoms with E-state index in [0.717, 1.165) is 11.5 Å². The molecule has 22 heavy (non-hydrogen) atoms. The Bertz CT molecular complexity index is 664. The molecule has 3 rings (SSSR count). The van der Waals surface area contributed by atoms with Gasteiger partial charge in [0.05, 0.1) is 25.9 Å². The number of ether oxygens (including phenoxy) is 2. The maximum Gasteiger partial charge on any atom is 0.258 e. The van der Waals surface area contributed by atoms with Gasteiger partial charge in [-0.1, -0.05) is 12.1 Å². The molecule has 1 aromatic heterocycles. The molecule has 2 heterocycles. The number of amides is 1. The van der Waals surface area contributed by atoms with Crippen molar-refractivity contribution in [2.75, 3.05) is 26.9 Å². The largest absolute Gasteiger partial charge is 0.496 e. The van der Waals surface area contributed by atoms with Gasteiger partial charge in [0, 0.05) is 6.54 Å². The van der Waals surface area contributed by atoms with E-state index in [4.69, 9.17) is 13.9 Å². The van der Waals surface area contributed by atoms with Gasteiger partial charge in [-0.3, -0.25) is 4.79 Å². The fourth-order valence-corrected chi connectivity index (χ4v) is 2.69. The highest BCUT2D eigenvalue weighted by molar-refractivity contribution is 5.97. The van der Waals surface area contributed by atoms with Crippen molar-refractivity contribution >= 4 is 5.91 Å². The number of aryl methyl sites for hydroxylation is 1. The normalized spacial score (nSPS) is 18.3. The molecule has 0 bridgehead atoms. The second-order valence-electron chi connectivity index (χ2n) is 5.24. The molecular weight excluding hydrogens is 282 g/mol. The van der Waals surface area contributed by atoms with Gasteiger partial charge >= 0.3 is 0 Å². The lowest BCUT2D eigenvalue weighted by Gasteiger charge is -2.34. The zero-order valence-electron chi connectivity index (χ0n) is 12.7. The van der Waals surface area contributed by atoms with Crippen molar-refractivity contribution < 1.29 is 18.7 Å². The van der Waals surface area contributed by atoms with E-state index in [9.17, 15) is 4.79 Å². The quantitative estimate of drug-likeness (QED) is 0.875. The Morgan fingerprint density at radius 3 is 2.82 bits per heavy atom. The van der Waals surface area contributed by atoms with Gasteiger partial charge in [0.1, 0.15) is 23.3 Å². The average molecular weight is 301 g/mol. The van der Waals surface area contributed by atoms with Crippen LogP contribution in [0, 0.1) is 6.92 Å². The van der Waals surface area contributed by atoms with Crippen LogP contribution in [0.25, 0.3) is 0 Å². The van der Waals surface area contributed by atoms with Gasteiger partial charge < -0.3 is 18.8 Å². The summed E-state index contributed by atoms with van der Waals surface area (Å²) in [6.07, 6.45) is 0. The van der Waals surface area contributed by atoms with Crippen molar-refractivity contribution in [3.8, 4) is 5.75 Å². The first-order chi connectivity index (χ1) is 10.7. The number of nitrogens with zero attached hydrogens (tertiary/aromatic N) is 1. The van der Waals surface area contributed by atoms with Crippen molar-refractivity contribution in [1.29, 1.82) is 0 Å². The SMILES string of the molecule is COc1ccccc1C(=O)N1CCOCC1c1ccc(C)o1. The van der Waals surface area contributed by atoms with Crippen LogP contribution < -0.4 is 4.74 Å². The molecule has 2 aromatic rings. The third kappa shape index (κ3) is 2.72. The number of methoxy groups -OCH3 is 1. The second kappa shape index (κ2) is 6.23. The zero-order chi connectivity index (χ0) is 15.5. The Kier molecular flexibility index (Phi) is 4.15. The first kappa shape index (κ1) is 14.7. The van der Waals surface area contributed by atoms with E-state index in [1.54, 1.807) is 24.1 Å². The van der Waals surface area contributed by atoms with Gasteiger partial charge in [0.2, 0.25) is 0 Å². The molecular formula is C17H19NO4. The van der Waals surface area contributed by atoms with Crippen LogP contribution in [0.5, 0.6) is 5.75 Å². The predicted molar refractivity (Wildman–Crippen MR) is 81.0 cm³/mol. The topological polar surface area (TPSA) is 51.9 Å². The highest BCUT2D eigenvalue weighted by Gasteiger charge is 2.32. The Morgan fingerprint density at radius 1 is 1.27 bits per heavy atom. The summed E-state index contributed by atoms with van der Waals surface area (Å²) >= 11 is 0. The molecule has 1 atom stereocenters. The number of furan rings is 1. The number of rotatable bonds is 3. The lowest BCUT2D eigenvalue weighted by molar-refractivity contribution is -0.00908. The van der Waals surface area contributed by atoms with Gasteiger partial charge in [-0.2, -0.15) is 0 Å². The van der Waals surface area contributed by atoms with Crippen LogP contribution in [0.4, 0.5) is 0 Å². The van der Waals surface area contributed by atoms with Crippen LogP contribution in [0.2, 0.25) is 0 Å². The maximum absolute atomic E-state index is 12.9. The second-order valence-corrected chi connectivity index (χ2v) is 5.24. The summed E-state index contributed by atoms with van der Waals surface area (Å²) in [4.78, 5) is 14.7. The van der Waals surface area contributed by atoms with Crippen molar-refractivity contribution in [1.82, 2.24) is 4.90 Å². The Labute approximate surface area is 129 Å². The average Bonchev–Trinajstić information content (AvgIpc) is 3.00. The molecule has 1 unspecified atom stereocenters. The molecule has 1 aliphatic rings. The third-order valence-electron chi connectivity index (χ3n) is 3.82. The van der Waals surface area contributed by atoms with Crippen molar-refractivity contribution in [3.05, 3.63) is 53.5 Å². The summed E-state index contributed by atoms with van der Waals surface area (Å²) in [6.45, 7) is 3.38. The molecule has 5 nitrogen and oxygen atoms in total. The van der Waals surface area contributed by atoms with Crippen molar-refractivity contribution in [3.63, 3.8) is 0 Å². The Balaban J connectivity index is 1.91. The monoisotopic (exact) mass is 301 g/mol. The summed E-state index contributed by atoms with van der Waals surface area (Å²) in [6, 6.07) is 10.8. The summed E-state index contributed by atoms with van der Waals surface area (Å²) in [5.74, 6) is 2.08. The number of morpholine rings is 1. The fourth-order valence-electron chi connectivity index (χ4n) is 2.69. The van der Waals surface area contributed by atoms with E-state index in [-0.39, 0.29) is 11.9 Å². The number of hydrogen-bond acceptors (Lipinski definition) is 4. The standard InChI is InChI=1S/C17H19NO4/c1-12-7-8-16(22-12)14-11-21-10-9-18(14)17(19)13-5-3-4-6-15(13)20-2/h3-8,14H,9-11H2,1-2H3. The molecule has 1 fully saturated rings. The van der Waals surface area contributed by atoms with Gasteiger partial charge in [-0.25, -0.2) is 0 Å². The van der Waals surface area contributed by atoms with E-state index in [0.29, 0.717) is 31.1 Å². The van der Waals surface area contributed by atoms with Gasteiger partial charge in [-0.15, -0.1) is 0 Å². The van der Waals surface area contributed by atoms with Crippen molar-refractivity contribution in [2.45, 2.75) is 13.0 Å². The van der Waals surface area contributed by atoms with Crippen LogP contribution in [0.3, 0.4) is 0 Å². The Morgan fingerprint density at radius 2 is 2.09 bits per heavy atom. The maximum atomic E-state index is 12.9. The minimum atomic E-state index is -0.208. The highest BCUT2D eigenvalue weighted by atomic mass is 16.5. The van der Waals surface area contributed by atoms with E-state index in [1.165, 1.54) is 0 Å². The first-order valence-electron chi connectivity index (χ1n) is 7.29. The van der Waals surface area contributed by atoms with E-state index in [1.807, 2.05) is 31.2 Å². The number of para-hydroxylation sites is 1. The molecule has 1 saturated heterocycles. The van der Waals surface area contributed by atoms with Crippen molar-refractivity contribution in [2.24, 2.45) is 0 Å². The van der Waals surface area contributed by atoms with Crippen LogP contribution in [-0.4, -0.2) is 37.7 Å². The smallest absolute Gasteiger partial charge is 0.258 e. The number of hydrogen-bond donors (Lipinski definition) is 0.